The standard InChI is InChI=1S/C24H24.Hf/c1-3-17-24(4-2,18-11-5-6-12-18)23-21-15-9-7-13-19(21)20-14-8-10-16-22(20)23;/h3,5-11,13-16,23H,1,4,12,17H2,2H3;. The number of hydrogen-bond donors (Lipinski definition) is 0. The van der Waals surface area contributed by atoms with E-state index in [1.807, 2.05) is 0 Å². The van der Waals surface area contributed by atoms with Crippen LogP contribution >= 0.6 is 0 Å². The molecule has 0 aliphatic heterocycles. The summed E-state index contributed by atoms with van der Waals surface area (Å²) >= 11 is 0. The van der Waals surface area contributed by atoms with Gasteiger partial charge in [-0.1, -0.05) is 85.3 Å². The van der Waals surface area contributed by atoms with Crippen molar-refractivity contribution in [2.75, 3.05) is 0 Å². The van der Waals surface area contributed by atoms with Crippen molar-refractivity contribution in [2.45, 2.75) is 32.1 Å². The molecule has 0 nitrogen and oxygen atoms in total. The van der Waals surface area contributed by atoms with Gasteiger partial charge in [0.25, 0.3) is 0 Å². The summed E-state index contributed by atoms with van der Waals surface area (Å²) in [7, 11) is 0. The molecular formula is C24H24Hf. The predicted octanol–water partition coefficient (Wildman–Crippen LogP) is 6.66. The summed E-state index contributed by atoms with van der Waals surface area (Å²) in [6.45, 7) is 6.44. The second-order valence-electron chi connectivity index (χ2n) is 6.93. The fourth-order valence-corrected chi connectivity index (χ4v) is 4.83. The zero-order chi connectivity index (χ0) is 16.6. The van der Waals surface area contributed by atoms with E-state index in [2.05, 4.69) is 86.3 Å². The summed E-state index contributed by atoms with van der Waals surface area (Å²) in [5.74, 6) is 0.416. The molecule has 1 heteroatoms. The number of hydrogen-bond acceptors (Lipinski definition) is 0. The molecular weight excluding hydrogens is 467 g/mol. The van der Waals surface area contributed by atoms with Gasteiger partial charge in [-0.25, -0.2) is 0 Å². The third kappa shape index (κ3) is 2.77. The van der Waals surface area contributed by atoms with Crippen molar-refractivity contribution in [3.63, 3.8) is 0 Å². The Morgan fingerprint density at radius 3 is 2.12 bits per heavy atom. The normalized spacial score (nSPS) is 17.2. The zero-order valence-electron chi connectivity index (χ0n) is 14.8. The average Bonchev–Trinajstić information content (AvgIpc) is 3.27. The third-order valence-corrected chi connectivity index (χ3v) is 5.94. The van der Waals surface area contributed by atoms with Crippen LogP contribution in [0.2, 0.25) is 0 Å². The summed E-state index contributed by atoms with van der Waals surface area (Å²) in [4.78, 5) is 0. The monoisotopic (exact) mass is 492 g/mol. The van der Waals surface area contributed by atoms with Crippen molar-refractivity contribution >= 4 is 0 Å². The van der Waals surface area contributed by atoms with Gasteiger partial charge in [-0.05, 0) is 41.5 Å². The van der Waals surface area contributed by atoms with Gasteiger partial charge in [0.2, 0.25) is 0 Å². The topological polar surface area (TPSA) is 0 Å². The summed E-state index contributed by atoms with van der Waals surface area (Å²) in [6.07, 6.45) is 12.2. The molecule has 0 saturated heterocycles. The Labute approximate surface area is 170 Å². The van der Waals surface area contributed by atoms with E-state index in [-0.39, 0.29) is 31.3 Å². The van der Waals surface area contributed by atoms with Crippen LogP contribution in [-0.2, 0) is 25.8 Å². The van der Waals surface area contributed by atoms with Gasteiger partial charge < -0.3 is 0 Å². The first-order chi connectivity index (χ1) is 11.8. The summed E-state index contributed by atoms with van der Waals surface area (Å²) < 4.78 is 0. The molecule has 0 spiro atoms. The van der Waals surface area contributed by atoms with Gasteiger partial charge >= 0.3 is 0 Å². The van der Waals surface area contributed by atoms with Gasteiger partial charge in [0.1, 0.15) is 0 Å². The van der Waals surface area contributed by atoms with Crippen molar-refractivity contribution in [1.29, 1.82) is 0 Å². The van der Waals surface area contributed by atoms with Crippen LogP contribution < -0.4 is 0 Å². The molecule has 124 valence electrons. The van der Waals surface area contributed by atoms with Gasteiger partial charge in [0.15, 0.2) is 0 Å². The maximum absolute atomic E-state index is 4.10. The Kier molecular flexibility index (Phi) is 5.44. The fourth-order valence-electron chi connectivity index (χ4n) is 4.83. The zero-order valence-corrected chi connectivity index (χ0v) is 18.4. The number of rotatable bonds is 5. The quantitative estimate of drug-likeness (QED) is 0.325. The van der Waals surface area contributed by atoms with Gasteiger partial charge in [-0.2, -0.15) is 0 Å². The first kappa shape index (κ1) is 18.3. The van der Waals surface area contributed by atoms with Crippen molar-refractivity contribution in [3.05, 3.63) is 96.1 Å². The Morgan fingerprint density at radius 1 is 1.04 bits per heavy atom. The Hall–Kier alpha value is -1.47. The van der Waals surface area contributed by atoms with Crippen LogP contribution in [0.5, 0.6) is 0 Å². The van der Waals surface area contributed by atoms with Gasteiger partial charge in [-0.15, -0.1) is 6.58 Å². The van der Waals surface area contributed by atoms with E-state index < -0.39 is 0 Å². The molecule has 0 fully saturated rings. The van der Waals surface area contributed by atoms with Gasteiger partial charge in [0.05, 0.1) is 0 Å². The van der Waals surface area contributed by atoms with E-state index in [0.29, 0.717) is 5.92 Å². The minimum absolute atomic E-state index is 0. The van der Waals surface area contributed by atoms with E-state index >= 15 is 0 Å². The largest absolute Gasteiger partial charge is 0.103 e. The molecule has 25 heavy (non-hydrogen) atoms. The molecule has 0 bridgehead atoms. The molecule has 4 rings (SSSR count). The molecule has 0 N–H and O–H groups in total. The van der Waals surface area contributed by atoms with Crippen LogP contribution in [0.3, 0.4) is 0 Å². The molecule has 0 heterocycles. The maximum atomic E-state index is 4.10. The van der Waals surface area contributed by atoms with Crippen LogP contribution in [-0.4, -0.2) is 0 Å². The minimum Gasteiger partial charge on any atom is -0.103 e. The van der Waals surface area contributed by atoms with E-state index in [1.54, 1.807) is 5.57 Å². The first-order valence-electron chi connectivity index (χ1n) is 8.97. The van der Waals surface area contributed by atoms with E-state index in [1.165, 1.54) is 22.3 Å². The molecule has 0 radical (unpaired) electrons. The first-order valence-corrected chi connectivity index (χ1v) is 8.97. The number of benzene rings is 2. The molecule has 2 aromatic carbocycles. The molecule has 2 aliphatic carbocycles. The smallest absolute Gasteiger partial charge is 0.0198 e. The molecule has 0 aromatic heterocycles. The minimum atomic E-state index is 0. The second-order valence-corrected chi connectivity index (χ2v) is 6.93. The van der Waals surface area contributed by atoms with Crippen LogP contribution in [0.1, 0.15) is 43.2 Å². The molecule has 2 aliphatic rings. The van der Waals surface area contributed by atoms with Gasteiger partial charge in [0, 0.05) is 37.2 Å². The summed E-state index contributed by atoms with van der Waals surface area (Å²) in [5.41, 5.74) is 7.46. The van der Waals surface area contributed by atoms with E-state index in [0.717, 1.165) is 19.3 Å². The summed E-state index contributed by atoms with van der Waals surface area (Å²) in [6, 6.07) is 17.9. The molecule has 2 aromatic rings. The van der Waals surface area contributed by atoms with Crippen molar-refractivity contribution in [2.24, 2.45) is 5.41 Å². The van der Waals surface area contributed by atoms with Crippen molar-refractivity contribution in [1.82, 2.24) is 0 Å². The van der Waals surface area contributed by atoms with Crippen LogP contribution in [0, 0.1) is 5.41 Å². The second kappa shape index (κ2) is 7.41. The third-order valence-electron chi connectivity index (χ3n) is 5.94. The SMILES string of the molecule is C=CCC(CC)(C1=CC=CC1)C1c2ccccc2-c2ccccc21.[Hf]. The van der Waals surface area contributed by atoms with E-state index in [4.69, 9.17) is 0 Å². The average molecular weight is 491 g/mol. The Bertz CT molecular complexity index is 797. The predicted molar refractivity (Wildman–Crippen MR) is 103 cm³/mol. The maximum Gasteiger partial charge on any atom is 0.0198 e. The van der Waals surface area contributed by atoms with Crippen LogP contribution in [0.15, 0.2) is 85.0 Å². The van der Waals surface area contributed by atoms with Crippen LogP contribution in [0.4, 0.5) is 0 Å². The molecule has 1 atom stereocenters. The number of allylic oxidation sites excluding steroid dienone is 5. The van der Waals surface area contributed by atoms with Crippen LogP contribution in [0.25, 0.3) is 11.1 Å². The Morgan fingerprint density at radius 2 is 1.64 bits per heavy atom. The Balaban J connectivity index is 0.00000182. The molecule has 0 amide bonds. The fraction of sp³-hybridized carbons (Fsp3) is 0.250. The van der Waals surface area contributed by atoms with Crippen molar-refractivity contribution < 1.29 is 25.8 Å². The van der Waals surface area contributed by atoms with Gasteiger partial charge in [-0.3, -0.25) is 0 Å². The van der Waals surface area contributed by atoms with E-state index in [9.17, 15) is 0 Å². The number of fused-ring (bicyclic) bond motifs is 3. The van der Waals surface area contributed by atoms with Crippen molar-refractivity contribution in [3.8, 4) is 11.1 Å². The molecule has 0 saturated carbocycles. The molecule has 1 unspecified atom stereocenters. The summed E-state index contributed by atoms with van der Waals surface area (Å²) in [5, 5.41) is 0.